The van der Waals surface area contributed by atoms with Crippen molar-refractivity contribution in [1.29, 1.82) is 0 Å². The third-order valence-electron chi connectivity index (χ3n) is 3.90. The number of aromatic nitrogens is 3. The van der Waals surface area contributed by atoms with Crippen molar-refractivity contribution in [2.24, 2.45) is 0 Å². The van der Waals surface area contributed by atoms with Gasteiger partial charge in [0, 0.05) is 29.7 Å². The molecule has 7 nitrogen and oxygen atoms in total. The minimum absolute atomic E-state index is 0.0920. The molecule has 0 saturated carbocycles. The second kappa shape index (κ2) is 9.70. The molecule has 0 spiro atoms. The van der Waals surface area contributed by atoms with Gasteiger partial charge in [-0.2, -0.15) is 0 Å². The average Bonchev–Trinajstić information content (AvgIpc) is 2.74. The molecule has 1 amide bonds. The molecule has 0 aliphatic rings. The molecule has 8 heteroatoms. The van der Waals surface area contributed by atoms with E-state index in [-0.39, 0.29) is 5.91 Å². The third-order valence-corrected chi connectivity index (χ3v) is 4.64. The Kier molecular flexibility index (Phi) is 6.80. The lowest BCUT2D eigenvalue weighted by Gasteiger charge is -2.08. The minimum Gasteiger partial charge on any atom is -0.367 e. The Morgan fingerprint density at radius 3 is 2.29 bits per heavy atom. The number of carbonyl (C=O) groups is 1. The van der Waals surface area contributed by atoms with E-state index in [1.165, 1.54) is 0 Å². The number of amides is 1. The first-order chi connectivity index (χ1) is 13.6. The molecule has 0 unspecified atom stereocenters. The van der Waals surface area contributed by atoms with Crippen LogP contribution in [0.5, 0.6) is 0 Å². The van der Waals surface area contributed by atoms with Crippen LogP contribution in [0.15, 0.2) is 59.6 Å². The molecule has 144 valence electrons. The zero-order chi connectivity index (χ0) is 19.8. The van der Waals surface area contributed by atoms with E-state index in [4.69, 9.17) is 0 Å². The fourth-order valence-electron chi connectivity index (χ4n) is 2.38. The maximum atomic E-state index is 12.1. The SMILES string of the molecule is CSc1ccc(C(=O)NCCNc2ccc(Nc3ccc(C)cn3)nn2)cc1. The average molecular weight is 395 g/mol. The predicted octanol–water partition coefficient (Wildman–Crippen LogP) is 3.49. The van der Waals surface area contributed by atoms with Crippen molar-refractivity contribution in [2.75, 3.05) is 30.0 Å². The maximum Gasteiger partial charge on any atom is 0.251 e. The van der Waals surface area contributed by atoms with Gasteiger partial charge in [0.15, 0.2) is 5.82 Å². The zero-order valence-corrected chi connectivity index (χ0v) is 16.6. The molecule has 0 aliphatic heterocycles. The molecule has 0 atom stereocenters. The highest BCUT2D eigenvalue weighted by atomic mass is 32.2. The summed E-state index contributed by atoms with van der Waals surface area (Å²) in [5.41, 5.74) is 1.75. The molecule has 0 fully saturated rings. The van der Waals surface area contributed by atoms with E-state index < -0.39 is 0 Å². The first-order valence-corrected chi connectivity index (χ1v) is 10.1. The van der Waals surface area contributed by atoms with Gasteiger partial charge < -0.3 is 16.0 Å². The van der Waals surface area contributed by atoms with Crippen molar-refractivity contribution in [3.8, 4) is 0 Å². The van der Waals surface area contributed by atoms with E-state index in [2.05, 4.69) is 31.1 Å². The summed E-state index contributed by atoms with van der Waals surface area (Å²) in [4.78, 5) is 17.5. The van der Waals surface area contributed by atoms with Crippen LogP contribution >= 0.6 is 11.8 Å². The van der Waals surface area contributed by atoms with Crippen molar-refractivity contribution in [2.45, 2.75) is 11.8 Å². The number of nitrogens with one attached hydrogen (secondary N) is 3. The standard InChI is InChI=1S/C20H22N6OS/c1-14-3-8-17(23-13-14)24-19-10-9-18(25-26-19)21-11-12-22-20(27)15-4-6-16(28-2)7-5-15/h3-10,13H,11-12H2,1-2H3,(H,21,25)(H,22,27)(H,23,24,26). The van der Waals surface area contributed by atoms with Crippen LogP contribution in [0.1, 0.15) is 15.9 Å². The number of benzene rings is 1. The number of rotatable bonds is 8. The molecule has 3 aromatic rings. The zero-order valence-electron chi connectivity index (χ0n) is 15.8. The van der Waals surface area contributed by atoms with Gasteiger partial charge in [0.2, 0.25) is 0 Å². The molecule has 28 heavy (non-hydrogen) atoms. The van der Waals surface area contributed by atoms with Crippen molar-refractivity contribution in [3.05, 3.63) is 65.9 Å². The van der Waals surface area contributed by atoms with Gasteiger partial charge >= 0.3 is 0 Å². The Hall–Kier alpha value is -3.13. The lowest BCUT2D eigenvalue weighted by molar-refractivity contribution is 0.0955. The Labute approximate surface area is 168 Å². The number of hydrogen-bond acceptors (Lipinski definition) is 7. The smallest absolute Gasteiger partial charge is 0.251 e. The highest BCUT2D eigenvalue weighted by Gasteiger charge is 2.05. The first-order valence-electron chi connectivity index (χ1n) is 8.83. The number of thioether (sulfide) groups is 1. The molecule has 0 saturated heterocycles. The monoisotopic (exact) mass is 394 g/mol. The van der Waals surface area contributed by atoms with Crippen LogP contribution < -0.4 is 16.0 Å². The van der Waals surface area contributed by atoms with E-state index in [1.807, 2.05) is 61.7 Å². The number of hydrogen-bond donors (Lipinski definition) is 3. The van der Waals surface area contributed by atoms with Gasteiger partial charge in [-0.3, -0.25) is 4.79 Å². The van der Waals surface area contributed by atoms with Crippen molar-refractivity contribution in [1.82, 2.24) is 20.5 Å². The van der Waals surface area contributed by atoms with Gasteiger partial charge in [0.25, 0.3) is 5.91 Å². The quantitative estimate of drug-likeness (QED) is 0.398. The molecule has 0 radical (unpaired) electrons. The van der Waals surface area contributed by atoms with Gasteiger partial charge in [-0.15, -0.1) is 22.0 Å². The van der Waals surface area contributed by atoms with Crippen LogP contribution in [0, 0.1) is 6.92 Å². The molecule has 0 aliphatic carbocycles. The Bertz CT molecular complexity index is 897. The summed E-state index contributed by atoms with van der Waals surface area (Å²) in [6, 6.07) is 15.0. The normalized spacial score (nSPS) is 10.4. The number of carbonyl (C=O) groups excluding carboxylic acids is 1. The molecule has 1 aromatic carbocycles. The molecule has 2 aromatic heterocycles. The Morgan fingerprint density at radius 1 is 0.929 bits per heavy atom. The molecule has 3 rings (SSSR count). The molecule has 2 heterocycles. The Morgan fingerprint density at radius 2 is 1.64 bits per heavy atom. The molecule has 0 bridgehead atoms. The minimum atomic E-state index is -0.0920. The van der Waals surface area contributed by atoms with Crippen LogP contribution in [0.3, 0.4) is 0 Å². The number of nitrogens with zero attached hydrogens (tertiary/aromatic N) is 3. The summed E-state index contributed by atoms with van der Waals surface area (Å²) in [6.07, 6.45) is 3.79. The summed E-state index contributed by atoms with van der Waals surface area (Å²) in [5.74, 6) is 1.88. The second-order valence-corrected chi connectivity index (χ2v) is 6.94. The van der Waals surface area contributed by atoms with E-state index in [9.17, 15) is 4.79 Å². The van der Waals surface area contributed by atoms with E-state index in [0.717, 1.165) is 10.5 Å². The first kappa shape index (κ1) is 19.6. The highest BCUT2D eigenvalue weighted by Crippen LogP contribution is 2.15. The van der Waals surface area contributed by atoms with Crippen molar-refractivity contribution in [3.63, 3.8) is 0 Å². The largest absolute Gasteiger partial charge is 0.367 e. The fraction of sp³-hybridized carbons (Fsp3) is 0.200. The van der Waals surface area contributed by atoms with Crippen LogP contribution in [-0.4, -0.2) is 40.4 Å². The number of pyridine rings is 1. The van der Waals surface area contributed by atoms with Gasteiger partial charge in [-0.25, -0.2) is 4.98 Å². The van der Waals surface area contributed by atoms with Crippen molar-refractivity contribution < 1.29 is 4.79 Å². The van der Waals surface area contributed by atoms with Crippen LogP contribution in [0.2, 0.25) is 0 Å². The summed E-state index contributed by atoms with van der Waals surface area (Å²) >= 11 is 1.65. The highest BCUT2D eigenvalue weighted by molar-refractivity contribution is 7.98. The van der Waals surface area contributed by atoms with Crippen LogP contribution in [0.4, 0.5) is 17.5 Å². The topological polar surface area (TPSA) is 91.8 Å². The van der Waals surface area contributed by atoms with Crippen LogP contribution in [-0.2, 0) is 0 Å². The molecular weight excluding hydrogens is 372 g/mol. The molecular formula is C20H22N6OS. The fourth-order valence-corrected chi connectivity index (χ4v) is 2.79. The second-order valence-electron chi connectivity index (χ2n) is 6.06. The van der Waals surface area contributed by atoms with Gasteiger partial charge in [-0.1, -0.05) is 6.07 Å². The van der Waals surface area contributed by atoms with Crippen LogP contribution in [0.25, 0.3) is 0 Å². The molecule has 3 N–H and O–H groups in total. The maximum absolute atomic E-state index is 12.1. The summed E-state index contributed by atoms with van der Waals surface area (Å²) in [7, 11) is 0. The van der Waals surface area contributed by atoms with Crippen molar-refractivity contribution >= 4 is 35.1 Å². The summed E-state index contributed by atoms with van der Waals surface area (Å²) in [5, 5.41) is 17.3. The van der Waals surface area contributed by atoms with E-state index in [0.29, 0.717) is 36.1 Å². The van der Waals surface area contributed by atoms with Gasteiger partial charge in [0.05, 0.1) is 0 Å². The summed E-state index contributed by atoms with van der Waals surface area (Å²) in [6.45, 7) is 3.02. The summed E-state index contributed by atoms with van der Waals surface area (Å²) < 4.78 is 0. The number of anilines is 3. The van der Waals surface area contributed by atoms with E-state index >= 15 is 0 Å². The van der Waals surface area contributed by atoms with Gasteiger partial charge in [0.1, 0.15) is 11.6 Å². The lowest BCUT2D eigenvalue weighted by Crippen LogP contribution is -2.28. The van der Waals surface area contributed by atoms with E-state index in [1.54, 1.807) is 18.0 Å². The lowest BCUT2D eigenvalue weighted by atomic mass is 10.2. The van der Waals surface area contributed by atoms with Gasteiger partial charge in [-0.05, 0) is 61.2 Å². The third kappa shape index (κ3) is 5.68. The Balaban J connectivity index is 1.42. The number of aryl methyl sites for hydroxylation is 1. The predicted molar refractivity (Wildman–Crippen MR) is 113 cm³/mol.